The van der Waals surface area contributed by atoms with Crippen LogP contribution in [-0.4, -0.2) is 16.8 Å². The zero-order valence-electron chi connectivity index (χ0n) is 15.1. The Hall–Kier alpha value is -3.47. The highest BCUT2D eigenvalue weighted by Crippen LogP contribution is 2.07. The first-order chi connectivity index (χ1) is 13.1. The van der Waals surface area contributed by atoms with E-state index < -0.39 is 0 Å². The second kappa shape index (κ2) is 8.76. The largest absolute Gasteiger partial charge is 0.347 e. The summed E-state index contributed by atoms with van der Waals surface area (Å²) in [5, 5.41) is 5.66. The number of aromatic nitrogens is 1. The highest BCUT2D eigenvalue weighted by molar-refractivity contribution is 5.96. The monoisotopic (exact) mass is 359 g/mol. The van der Waals surface area contributed by atoms with Gasteiger partial charge in [-0.2, -0.15) is 0 Å². The number of carbonyl (C=O) groups is 2. The molecule has 5 nitrogen and oxygen atoms in total. The standard InChI is InChI=1S/C22H21N3O2/c1-16-8-5-6-11-18(16)15-24-22(27)20-13-7-12-19(25-20)21(26)23-14-17-9-3-2-4-10-17/h2-13H,14-15H2,1H3,(H,23,26)(H,24,27). The van der Waals surface area contributed by atoms with Crippen molar-refractivity contribution in [2.45, 2.75) is 20.0 Å². The molecule has 2 aromatic carbocycles. The van der Waals surface area contributed by atoms with Gasteiger partial charge >= 0.3 is 0 Å². The number of rotatable bonds is 6. The lowest BCUT2D eigenvalue weighted by molar-refractivity contribution is 0.0941. The number of aryl methyl sites for hydroxylation is 1. The van der Waals surface area contributed by atoms with E-state index in [-0.39, 0.29) is 23.2 Å². The third-order valence-electron chi connectivity index (χ3n) is 4.21. The van der Waals surface area contributed by atoms with Crippen LogP contribution in [0.25, 0.3) is 0 Å². The van der Waals surface area contributed by atoms with Crippen molar-refractivity contribution < 1.29 is 9.59 Å². The van der Waals surface area contributed by atoms with Gasteiger partial charge in [0.15, 0.2) is 0 Å². The van der Waals surface area contributed by atoms with E-state index in [1.54, 1.807) is 18.2 Å². The molecule has 0 aliphatic rings. The molecule has 1 aromatic heterocycles. The van der Waals surface area contributed by atoms with E-state index in [0.717, 1.165) is 16.7 Å². The van der Waals surface area contributed by atoms with Crippen LogP contribution in [0.5, 0.6) is 0 Å². The van der Waals surface area contributed by atoms with Crippen LogP contribution in [0.4, 0.5) is 0 Å². The van der Waals surface area contributed by atoms with Crippen molar-refractivity contribution in [3.8, 4) is 0 Å². The lowest BCUT2D eigenvalue weighted by Gasteiger charge is -2.09. The van der Waals surface area contributed by atoms with Crippen molar-refractivity contribution in [3.05, 3.63) is 101 Å². The van der Waals surface area contributed by atoms with Gasteiger partial charge < -0.3 is 10.6 Å². The van der Waals surface area contributed by atoms with Crippen molar-refractivity contribution >= 4 is 11.8 Å². The van der Waals surface area contributed by atoms with Crippen LogP contribution in [0, 0.1) is 6.92 Å². The summed E-state index contributed by atoms with van der Waals surface area (Å²) >= 11 is 0. The first-order valence-electron chi connectivity index (χ1n) is 8.75. The first kappa shape index (κ1) is 18.3. The van der Waals surface area contributed by atoms with Crippen LogP contribution in [0.3, 0.4) is 0 Å². The summed E-state index contributed by atoms with van der Waals surface area (Å²) in [6.45, 7) is 2.82. The number of carbonyl (C=O) groups excluding carboxylic acids is 2. The van der Waals surface area contributed by atoms with Gasteiger partial charge in [0.05, 0.1) is 0 Å². The van der Waals surface area contributed by atoms with Gasteiger partial charge in [-0.05, 0) is 35.7 Å². The first-order valence-corrected chi connectivity index (χ1v) is 8.75. The molecule has 0 aliphatic heterocycles. The smallest absolute Gasteiger partial charge is 0.270 e. The SMILES string of the molecule is Cc1ccccc1CNC(=O)c1cccc(C(=O)NCc2ccccc2)n1. The number of nitrogens with one attached hydrogen (secondary N) is 2. The summed E-state index contributed by atoms with van der Waals surface area (Å²) in [6, 6.07) is 22.3. The molecule has 0 fully saturated rings. The summed E-state index contributed by atoms with van der Waals surface area (Å²) in [6.07, 6.45) is 0. The second-order valence-electron chi connectivity index (χ2n) is 6.19. The average Bonchev–Trinajstić information content (AvgIpc) is 2.72. The molecule has 3 rings (SSSR count). The molecule has 0 unspecified atom stereocenters. The van der Waals surface area contributed by atoms with E-state index in [9.17, 15) is 9.59 Å². The number of pyridine rings is 1. The van der Waals surface area contributed by atoms with E-state index in [2.05, 4.69) is 15.6 Å². The molecule has 2 amide bonds. The summed E-state index contributed by atoms with van der Waals surface area (Å²) in [5.41, 5.74) is 3.59. The average molecular weight is 359 g/mol. The van der Waals surface area contributed by atoms with Crippen LogP contribution >= 0.6 is 0 Å². The molecule has 0 radical (unpaired) electrons. The van der Waals surface area contributed by atoms with Crippen molar-refractivity contribution in [2.75, 3.05) is 0 Å². The van der Waals surface area contributed by atoms with Gasteiger partial charge in [-0.1, -0.05) is 60.7 Å². The molecule has 27 heavy (non-hydrogen) atoms. The van der Waals surface area contributed by atoms with Crippen LogP contribution in [0.15, 0.2) is 72.8 Å². The van der Waals surface area contributed by atoms with Crippen molar-refractivity contribution in [3.63, 3.8) is 0 Å². The maximum atomic E-state index is 12.4. The topological polar surface area (TPSA) is 71.1 Å². The van der Waals surface area contributed by atoms with E-state index >= 15 is 0 Å². The van der Waals surface area contributed by atoms with Crippen molar-refractivity contribution in [1.82, 2.24) is 15.6 Å². The summed E-state index contributed by atoms with van der Waals surface area (Å²) in [7, 11) is 0. The fraction of sp³-hybridized carbons (Fsp3) is 0.136. The van der Waals surface area contributed by atoms with Gasteiger partial charge in [-0.15, -0.1) is 0 Å². The van der Waals surface area contributed by atoms with Crippen LogP contribution in [-0.2, 0) is 13.1 Å². The van der Waals surface area contributed by atoms with Gasteiger partial charge in [0.2, 0.25) is 0 Å². The van der Waals surface area contributed by atoms with Crippen molar-refractivity contribution in [1.29, 1.82) is 0 Å². The minimum atomic E-state index is -0.313. The molecule has 3 aromatic rings. The van der Waals surface area contributed by atoms with E-state index in [0.29, 0.717) is 13.1 Å². The minimum absolute atomic E-state index is 0.217. The summed E-state index contributed by atoms with van der Waals surface area (Å²) in [4.78, 5) is 28.9. The number of hydrogen-bond donors (Lipinski definition) is 2. The molecule has 2 N–H and O–H groups in total. The molecular weight excluding hydrogens is 338 g/mol. The zero-order valence-corrected chi connectivity index (χ0v) is 15.1. The molecule has 0 atom stereocenters. The molecular formula is C22H21N3O2. The molecule has 0 saturated carbocycles. The van der Waals surface area contributed by atoms with E-state index in [4.69, 9.17) is 0 Å². The predicted octanol–water partition coefficient (Wildman–Crippen LogP) is 3.25. The van der Waals surface area contributed by atoms with Crippen molar-refractivity contribution in [2.24, 2.45) is 0 Å². The Morgan fingerprint density at radius 1 is 0.741 bits per heavy atom. The fourth-order valence-corrected chi connectivity index (χ4v) is 2.63. The molecule has 0 spiro atoms. The Balaban J connectivity index is 1.61. The maximum Gasteiger partial charge on any atom is 0.270 e. The number of benzene rings is 2. The fourth-order valence-electron chi connectivity index (χ4n) is 2.63. The minimum Gasteiger partial charge on any atom is -0.347 e. The number of nitrogens with zero attached hydrogens (tertiary/aromatic N) is 1. The molecule has 0 saturated heterocycles. The summed E-state index contributed by atoms with van der Waals surface area (Å²) < 4.78 is 0. The van der Waals surface area contributed by atoms with E-state index in [1.807, 2.05) is 61.5 Å². The van der Waals surface area contributed by atoms with Crippen LogP contribution < -0.4 is 10.6 Å². The van der Waals surface area contributed by atoms with Gasteiger partial charge in [0, 0.05) is 13.1 Å². The highest BCUT2D eigenvalue weighted by atomic mass is 16.2. The molecule has 136 valence electrons. The molecule has 0 bridgehead atoms. The molecule has 0 aliphatic carbocycles. The van der Waals surface area contributed by atoms with Crippen LogP contribution in [0.1, 0.15) is 37.7 Å². The lowest BCUT2D eigenvalue weighted by Crippen LogP contribution is -2.27. The normalized spacial score (nSPS) is 10.3. The van der Waals surface area contributed by atoms with Crippen LogP contribution in [0.2, 0.25) is 0 Å². The molecule has 5 heteroatoms. The van der Waals surface area contributed by atoms with Gasteiger partial charge in [-0.3, -0.25) is 9.59 Å². The molecule has 1 heterocycles. The number of amides is 2. The second-order valence-corrected chi connectivity index (χ2v) is 6.19. The van der Waals surface area contributed by atoms with Gasteiger partial charge in [0.25, 0.3) is 11.8 Å². The highest BCUT2D eigenvalue weighted by Gasteiger charge is 2.12. The zero-order chi connectivity index (χ0) is 19.1. The number of hydrogen-bond acceptors (Lipinski definition) is 3. The third kappa shape index (κ3) is 5.01. The Kier molecular flexibility index (Phi) is 5.94. The predicted molar refractivity (Wildman–Crippen MR) is 104 cm³/mol. The quantitative estimate of drug-likeness (QED) is 0.710. The van der Waals surface area contributed by atoms with Gasteiger partial charge in [0.1, 0.15) is 11.4 Å². The van der Waals surface area contributed by atoms with Gasteiger partial charge in [-0.25, -0.2) is 4.98 Å². The van der Waals surface area contributed by atoms with E-state index in [1.165, 1.54) is 0 Å². The Morgan fingerprint density at radius 2 is 1.33 bits per heavy atom. The third-order valence-corrected chi connectivity index (χ3v) is 4.21. The Bertz CT molecular complexity index is 939. The maximum absolute atomic E-state index is 12.4. The lowest BCUT2D eigenvalue weighted by atomic mass is 10.1. The summed E-state index contributed by atoms with van der Waals surface area (Å²) in [5.74, 6) is -0.622. The Labute approximate surface area is 158 Å². The Morgan fingerprint density at radius 3 is 2.00 bits per heavy atom.